The van der Waals surface area contributed by atoms with Crippen LogP contribution in [0.15, 0.2) is 30.3 Å². The Hall–Kier alpha value is -1.02. The van der Waals surface area contributed by atoms with Crippen molar-refractivity contribution in [1.82, 2.24) is 0 Å². The summed E-state index contributed by atoms with van der Waals surface area (Å²) in [6.07, 6.45) is 7.28. The van der Waals surface area contributed by atoms with Crippen LogP contribution in [-0.2, 0) is 0 Å². The van der Waals surface area contributed by atoms with Crippen molar-refractivity contribution in [2.75, 3.05) is 11.9 Å². The molecule has 2 nitrogen and oxygen atoms in total. The molecule has 1 saturated carbocycles. The van der Waals surface area contributed by atoms with Gasteiger partial charge in [-0.25, -0.2) is 0 Å². The number of anilines is 1. The van der Waals surface area contributed by atoms with Gasteiger partial charge in [0.15, 0.2) is 0 Å². The van der Waals surface area contributed by atoms with Gasteiger partial charge in [-0.15, -0.1) is 0 Å². The molecule has 0 saturated heterocycles. The molecule has 1 fully saturated rings. The van der Waals surface area contributed by atoms with Gasteiger partial charge >= 0.3 is 0 Å². The van der Waals surface area contributed by atoms with Crippen LogP contribution in [0.4, 0.5) is 5.69 Å². The van der Waals surface area contributed by atoms with Gasteiger partial charge in [0, 0.05) is 5.69 Å². The molecular formula is C16H25NO. The highest BCUT2D eigenvalue weighted by atomic mass is 16.3. The summed E-state index contributed by atoms with van der Waals surface area (Å²) in [7, 11) is 0. The molecule has 0 spiro atoms. The second-order valence-electron chi connectivity index (χ2n) is 5.66. The highest BCUT2D eigenvalue weighted by Crippen LogP contribution is 2.36. The van der Waals surface area contributed by atoms with Gasteiger partial charge in [-0.05, 0) is 43.7 Å². The molecule has 0 heterocycles. The number of hydrogen-bond acceptors (Lipinski definition) is 2. The van der Waals surface area contributed by atoms with Gasteiger partial charge in [0.2, 0.25) is 0 Å². The van der Waals surface area contributed by atoms with Gasteiger partial charge in [-0.1, -0.05) is 38.0 Å². The predicted molar refractivity (Wildman–Crippen MR) is 76.7 cm³/mol. The van der Waals surface area contributed by atoms with Crippen LogP contribution in [0.1, 0.15) is 45.4 Å². The number of aliphatic hydroxyl groups excluding tert-OH is 1. The zero-order chi connectivity index (χ0) is 12.8. The number of rotatable bonds is 5. The third kappa shape index (κ3) is 3.26. The summed E-state index contributed by atoms with van der Waals surface area (Å²) in [4.78, 5) is 0. The van der Waals surface area contributed by atoms with Crippen molar-refractivity contribution in [3.63, 3.8) is 0 Å². The molecule has 0 amide bonds. The average molecular weight is 247 g/mol. The third-order valence-electron chi connectivity index (χ3n) is 4.25. The van der Waals surface area contributed by atoms with Gasteiger partial charge < -0.3 is 10.4 Å². The monoisotopic (exact) mass is 247 g/mol. The lowest BCUT2D eigenvalue weighted by molar-refractivity contribution is 0.148. The molecule has 18 heavy (non-hydrogen) atoms. The topological polar surface area (TPSA) is 32.3 Å². The summed E-state index contributed by atoms with van der Waals surface area (Å²) in [6.45, 7) is 2.50. The first-order valence-electron chi connectivity index (χ1n) is 7.22. The number of hydrogen-bond donors (Lipinski definition) is 2. The normalized spacial score (nSPS) is 28.0. The van der Waals surface area contributed by atoms with Crippen LogP contribution in [0.25, 0.3) is 0 Å². The fraction of sp³-hybridized carbons (Fsp3) is 0.625. The molecule has 0 unspecified atom stereocenters. The van der Waals surface area contributed by atoms with Crippen LogP contribution in [0.5, 0.6) is 0 Å². The zero-order valence-electron chi connectivity index (χ0n) is 11.4. The smallest absolute Gasteiger partial charge is 0.0661 e. The molecule has 2 N–H and O–H groups in total. The molecule has 0 aromatic heterocycles. The molecule has 0 atom stereocenters. The number of aliphatic hydroxyl groups is 1. The molecule has 1 aliphatic carbocycles. The van der Waals surface area contributed by atoms with Crippen molar-refractivity contribution >= 4 is 5.69 Å². The molecule has 0 aliphatic heterocycles. The average Bonchev–Trinajstić information content (AvgIpc) is 2.43. The van der Waals surface area contributed by atoms with Crippen molar-refractivity contribution in [2.24, 2.45) is 5.92 Å². The first-order chi connectivity index (χ1) is 8.78. The third-order valence-corrected chi connectivity index (χ3v) is 4.25. The quantitative estimate of drug-likeness (QED) is 0.829. The molecule has 2 rings (SSSR count). The first kappa shape index (κ1) is 13.4. The van der Waals surface area contributed by atoms with Crippen LogP contribution in [0, 0.1) is 5.92 Å². The molecule has 0 radical (unpaired) electrons. The Morgan fingerprint density at radius 1 is 1.22 bits per heavy atom. The van der Waals surface area contributed by atoms with E-state index in [4.69, 9.17) is 0 Å². The lowest BCUT2D eigenvalue weighted by atomic mass is 9.75. The molecule has 1 aromatic carbocycles. The number of benzene rings is 1. The van der Waals surface area contributed by atoms with Crippen molar-refractivity contribution in [3.05, 3.63) is 30.3 Å². The predicted octanol–water partition coefficient (Wildman–Crippen LogP) is 3.82. The minimum absolute atomic E-state index is 0.0917. The van der Waals surface area contributed by atoms with Gasteiger partial charge in [-0.3, -0.25) is 0 Å². The molecule has 1 aromatic rings. The van der Waals surface area contributed by atoms with Crippen LogP contribution in [0.2, 0.25) is 0 Å². The maximum Gasteiger partial charge on any atom is 0.0661 e. The fourth-order valence-electron chi connectivity index (χ4n) is 3.08. The van der Waals surface area contributed by atoms with Crippen molar-refractivity contribution in [1.29, 1.82) is 0 Å². The molecule has 100 valence electrons. The van der Waals surface area contributed by atoms with Gasteiger partial charge in [-0.2, -0.15) is 0 Å². The maximum atomic E-state index is 9.76. The second-order valence-corrected chi connectivity index (χ2v) is 5.66. The van der Waals surface area contributed by atoms with E-state index in [1.165, 1.54) is 25.7 Å². The summed E-state index contributed by atoms with van der Waals surface area (Å²) in [6, 6.07) is 10.3. The standard InChI is InChI=1S/C16H25NO/c1-2-6-14-9-11-16(13-18,12-10-14)17-15-7-4-3-5-8-15/h3-5,7-8,14,17-18H,2,6,9-13H2,1H3. The molecule has 0 bridgehead atoms. The van der Waals surface area contributed by atoms with E-state index in [0.717, 1.165) is 24.4 Å². The number of para-hydroxylation sites is 1. The lowest BCUT2D eigenvalue weighted by Crippen LogP contribution is -2.45. The number of nitrogens with one attached hydrogen (secondary N) is 1. The van der Waals surface area contributed by atoms with Gasteiger partial charge in [0.1, 0.15) is 0 Å². The fourth-order valence-corrected chi connectivity index (χ4v) is 3.08. The summed E-state index contributed by atoms with van der Waals surface area (Å²) < 4.78 is 0. The Labute approximate surface area is 110 Å². The zero-order valence-corrected chi connectivity index (χ0v) is 11.4. The maximum absolute atomic E-state index is 9.76. The van der Waals surface area contributed by atoms with E-state index in [1.54, 1.807) is 0 Å². The van der Waals surface area contributed by atoms with E-state index < -0.39 is 0 Å². The Morgan fingerprint density at radius 2 is 1.89 bits per heavy atom. The second kappa shape index (κ2) is 6.24. The van der Waals surface area contributed by atoms with E-state index in [0.29, 0.717) is 0 Å². The Balaban J connectivity index is 1.96. The summed E-state index contributed by atoms with van der Waals surface area (Å²) in [5.41, 5.74) is 1.03. The van der Waals surface area contributed by atoms with Crippen molar-refractivity contribution < 1.29 is 5.11 Å². The van der Waals surface area contributed by atoms with E-state index in [1.807, 2.05) is 18.2 Å². The minimum Gasteiger partial charge on any atom is -0.394 e. The lowest BCUT2D eigenvalue weighted by Gasteiger charge is -2.40. The Bertz CT molecular complexity index is 341. The van der Waals surface area contributed by atoms with Crippen molar-refractivity contribution in [3.8, 4) is 0 Å². The van der Waals surface area contributed by atoms with E-state index >= 15 is 0 Å². The van der Waals surface area contributed by atoms with Crippen LogP contribution < -0.4 is 5.32 Å². The highest BCUT2D eigenvalue weighted by molar-refractivity contribution is 5.45. The summed E-state index contributed by atoms with van der Waals surface area (Å²) in [5, 5.41) is 13.3. The van der Waals surface area contributed by atoms with E-state index in [9.17, 15) is 5.11 Å². The highest BCUT2D eigenvalue weighted by Gasteiger charge is 2.34. The Morgan fingerprint density at radius 3 is 2.44 bits per heavy atom. The molecule has 2 heteroatoms. The first-order valence-corrected chi connectivity index (χ1v) is 7.22. The van der Waals surface area contributed by atoms with Crippen LogP contribution in [-0.4, -0.2) is 17.3 Å². The summed E-state index contributed by atoms with van der Waals surface area (Å²) in [5.74, 6) is 0.868. The van der Waals surface area contributed by atoms with Gasteiger partial charge in [0.25, 0.3) is 0 Å². The van der Waals surface area contributed by atoms with Gasteiger partial charge in [0.05, 0.1) is 12.1 Å². The minimum atomic E-state index is -0.0917. The van der Waals surface area contributed by atoms with E-state index in [2.05, 4.69) is 24.4 Å². The Kier molecular flexibility index (Phi) is 4.65. The SMILES string of the molecule is CCCC1CCC(CO)(Nc2ccccc2)CC1. The van der Waals surface area contributed by atoms with Crippen LogP contribution >= 0.6 is 0 Å². The van der Waals surface area contributed by atoms with Crippen LogP contribution in [0.3, 0.4) is 0 Å². The summed E-state index contributed by atoms with van der Waals surface area (Å²) >= 11 is 0. The van der Waals surface area contributed by atoms with Crippen molar-refractivity contribution in [2.45, 2.75) is 51.0 Å². The molecule has 1 aliphatic rings. The van der Waals surface area contributed by atoms with E-state index in [-0.39, 0.29) is 12.1 Å². The molecular weight excluding hydrogens is 222 g/mol. The largest absolute Gasteiger partial charge is 0.394 e.